The monoisotopic (exact) mass is 119 g/mol. The predicted molar refractivity (Wildman–Crippen MR) is 28.4 cm³/mol. The number of hydrogen-bond acceptors (Lipinski definition) is 4. The average molecular weight is 119 g/mol. The molecule has 0 aromatic carbocycles. The molecule has 0 bridgehead atoms. The third-order valence-corrected chi connectivity index (χ3v) is 0.906. The lowest BCUT2D eigenvalue weighted by atomic mass is 10.3. The quantitative estimate of drug-likeness (QED) is 0.284. The minimum absolute atomic E-state index is 0.139. The van der Waals surface area contributed by atoms with Crippen LogP contribution in [0.4, 0.5) is 0 Å². The summed E-state index contributed by atoms with van der Waals surface area (Å²) in [5.41, 5.74) is 9.88. The molecule has 0 unspecified atom stereocenters. The Morgan fingerprint density at radius 1 is 1.75 bits per heavy atom. The summed E-state index contributed by atoms with van der Waals surface area (Å²) in [6.45, 7) is 1.56. The van der Waals surface area contributed by atoms with E-state index in [1.165, 1.54) is 0 Å². The van der Waals surface area contributed by atoms with Gasteiger partial charge in [-0.15, -0.1) is 0 Å². The Balaban J connectivity index is 3.91. The smallest absolute Gasteiger partial charge is 0.261 e. The summed E-state index contributed by atoms with van der Waals surface area (Å²) < 4.78 is 0. The fraction of sp³-hybridized carbons (Fsp3) is 1.00. The molecule has 0 aromatic rings. The van der Waals surface area contributed by atoms with E-state index in [0.717, 1.165) is 0 Å². The molecular formula is C3H9N3O2. The van der Waals surface area contributed by atoms with Crippen LogP contribution in [0.3, 0.4) is 0 Å². The highest BCUT2D eigenvalue weighted by Gasteiger charge is 2.28. The standard InChI is InChI=1S/C3H9N3O2/c1-2-3(4,5)6(7)8/h2,4-5H2,1H3. The van der Waals surface area contributed by atoms with E-state index in [0.29, 0.717) is 0 Å². The number of nitrogens with zero attached hydrogens (tertiary/aromatic N) is 1. The number of nitrogens with two attached hydrogens (primary N) is 2. The van der Waals surface area contributed by atoms with Gasteiger partial charge in [0.15, 0.2) is 0 Å². The molecule has 4 N–H and O–H groups in total. The summed E-state index contributed by atoms with van der Waals surface area (Å²) in [5, 5.41) is 9.81. The molecule has 0 aliphatic rings. The molecule has 0 amide bonds. The normalized spacial score (nSPS) is 11.4. The lowest BCUT2D eigenvalue weighted by molar-refractivity contribution is -0.568. The first-order valence-electron chi connectivity index (χ1n) is 2.23. The molecule has 0 heterocycles. The fourth-order valence-electron chi connectivity index (χ4n) is 0.129. The van der Waals surface area contributed by atoms with Crippen LogP contribution in [0.5, 0.6) is 0 Å². The minimum Gasteiger partial charge on any atom is -0.261 e. The van der Waals surface area contributed by atoms with Crippen LogP contribution in [0.2, 0.25) is 0 Å². The van der Waals surface area contributed by atoms with Crippen molar-refractivity contribution >= 4 is 0 Å². The van der Waals surface area contributed by atoms with Gasteiger partial charge in [0, 0.05) is 6.42 Å². The summed E-state index contributed by atoms with van der Waals surface area (Å²) in [6.07, 6.45) is 0.139. The largest absolute Gasteiger partial charge is 0.327 e. The third kappa shape index (κ3) is 1.43. The Morgan fingerprint density at radius 3 is 2.12 bits per heavy atom. The van der Waals surface area contributed by atoms with Gasteiger partial charge in [-0.05, 0) is 0 Å². The summed E-state index contributed by atoms with van der Waals surface area (Å²) in [4.78, 5) is 9.11. The first-order chi connectivity index (χ1) is 3.50. The van der Waals surface area contributed by atoms with E-state index < -0.39 is 10.7 Å². The van der Waals surface area contributed by atoms with Crippen molar-refractivity contribution < 1.29 is 4.92 Å². The van der Waals surface area contributed by atoms with Crippen LogP contribution in [-0.2, 0) is 0 Å². The topological polar surface area (TPSA) is 95.2 Å². The molecule has 0 aliphatic heterocycles. The molecule has 5 nitrogen and oxygen atoms in total. The first kappa shape index (κ1) is 7.32. The van der Waals surface area contributed by atoms with Gasteiger partial charge in [-0.1, -0.05) is 6.92 Å². The predicted octanol–water partition coefficient (Wildman–Crippen LogP) is -0.756. The van der Waals surface area contributed by atoms with Gasteiger partial charge in [0.05, 0.1) is 4.92 Å². The van der Waals surface area contributed by atoms with Crippen molar-refractivity contribution in [1.29, 1.82) is 0 Å². The van der Waals surface area contributed by atoms with Crippen molar-refractivity contribution in [1.82, 2.24) is 0 Å². The highest BCUT2D eigenvalue weighted by molar-refractivity contribution is 4.57. The molecule has 0 rings (SSSR count). The number of hydrogen-bond donors (Lipinski definition) is 2. The first-order valence-corrected chi connectivity index (χ1v) is 2.23. The van der Waals surface area contributed by atoms with Crippen LogP contribution in [0.25, 0.3) is 0 Å². The Morgan fingerprint density at radius 2 is 2.12 bits per heavy atom. The van der Waals surface area contributed by atoms with Crippen LogP contribution in [0, 0.1) is 10.1 Å². The molecule has 8 heavy (non-hydrogen) atoms. The summed E-state index contributed by atoms with van der Waals surface area (Å²) >= 11 is 0. The third-order valence-electron chi connectivity index (χ3n) is 0.906. The molecule has 0 aliphatic carbocycles. The molecule has 48 valence electrons. The summed E-state index contributed by atoms with van der Waals surface area (Å²) in [5.74, 6) is -1.74. The van der Waals surface area contributed by atoms with Crippen molar-refractivity contribution in [3.05, 3.63) is 10.1 Å². The van der Waals surface area contributed by atoms with Crippen LogP contribution in [-0.4, -0.2) is 10.7 Å². The second kappa shape index (κ2) is 2.06. The van der Waals surface area contributed by atoms with Crippen LogP contribution < -0.4 is 11.5 Å². The lowest BCUT2D eigenvalue weighted by Gasteiger charge is -2.10. The van der Waals surface area contributed by atoms with Crippen molar-refractivity contribution in [2.24, 2.45) is 11.5 Å². The molecular weight excluding hydrogens is 110 g/mol. The van der Waals surface area contributed by atoms with Crippen molar-refractivity contribution in [2.45, 2.75) is 19.1 Å². The second-order valence-corrected chi connectivity index (χ2v) is 1.60. The van der Waals surface area contributed by atoms with E-state index in [1.54, 1.807) is 6.92 Å². The van der Waals surface area contributed by atoms with Gasteiger partial charge in [0.1, 0.15) is 0 Å². The SMILES string of the molecule is CCC(N)(N)[N+](=O)[O-]. The maximum atomic E-state index is 9.81. The summed E-state index contributed by atoms with van der Waals surface area (Å²) in [6, 6.07) is 0. The van der Waals surface area contributed by atoms with E-state index in [4.69, 9.17) is 11.5 Å². The van der Waals surface area contributed by atoms with Gasteiger partial charge in [0.25, 0.3) is 0 Å². The Hall–Kier alpha value is -0.680. The van der Waals surface area contributed by atoms with E-state index in [-0.39, 0.29) is 6.42 Å². The molecule has 0 fully saturated rings. The van der Waals surface area contributed by atoms with Gasteiger partial charge in [-0.25, -0.2) is 0 Å². The van der Waals surface area contributed by atoms with E-state index in [1.807, 2.05) is 0 Å². The van der Waals surface area contributed by atoms with Gasteiger partial charge >= 0.3 is 5.79 Å². The van der Waals surface area contributed by atoms with Gasteiger partial charge in [-0.2, -0.15) is 0 Å². The van der Waals surface area contributed by atoms with Crippen LogP contribution in [0.1, 0.15) is 13.3 Å². The molecule has 5 heteroatoms. The molecule has 0 saturated carbocycles. The Kier molecular flexibility index (Phi) is 1.88. The van der Waals surface area contributed by atoms with Crippen molar-refractivity contribution in [3.8, 4) is 0 Å². The van der Waals surface area contributed by atoms with Gasteiger partial charge in [-0.3, -0.25) is 21.6 Å². The molecule has 0 atom stereocenters. The molecule has 0 radical (unpaired) electrons. The lowest BCUT2D eigenvalue weighted by Crippen LogP contribution is -2.55. The molecule has 0 spiro atoms. The van der Waals surface area contributed by atoms with Gasteiger partial charge in [0.2, 0.25) is 0 Å². The van der Waals surface area contributed by atoms with E-state index in [2.05, 4.69) is 0 Å². The maximum Gasteiger partial charge on any atom is 0.327 e. The Labute approximate surface area is 46.8 Å². The highest BCUT2D eigenvalue weighted by atomic mass is 16.6. The zero-order chi connectivity index (χ0) is 6.78. The zero-order valence-corrected chi connectivity index (χ0v) is 4.63. The minimum atomic E-state index is -1.74. The van der Waals surface area contributed by atoms with E-state index in [9.17, 15) is 10.1 Å². The van der Waals surface area contributed by atoms with Crippen LogP contribution in [0.15, 0.2) is 0 Å². The molecule has 0 aromatic heterocycles. The average Bonchev–Trinajstić information content (AvgIpc) is 1.67. The zero-order valence-electron chi connectivity index (χ0n) is 4.63. The number of rotatable bonds is 2. The highest BCUT2D eigenvalue weighted by Crippen LogP contribution is 1.95. The van der Waals surface area contributed by atoms with Crippen molar-refractivity contribution in [3.63, 3.8) is 0 Å². The fourth-order valence-corrected chi connectivity index (χ4v) is 0.129. The van der Waals surface area contributed by atoms with Crippen molar-refractivity contribution in [2.75, 3.05) is 0 Å². The van der Waals surface area contributed by atoms with Gasteiger partial charge < -0.3 is 0 Å². The van der Waals surface area contributed by atoms with E-state index >= 15 is 0 Å². The second-order valence-electron chi connectivity index (χ2n) is 1.60. The summed E-state index contributed by atoms with van der Waals surface area (Å²) in [7, 11) is 0. The van der Waals surface area contributed by atoms with Crippen LogP contribution >= 0.6 is 0 Å². The maximum absolute atomic E-state index is 9.81. The number of nitro groups is 1. The molecule has 0 saturated heterocycles. The Bertz CT molecular complexity index is 101.